The van der Waals surface area contributed by atoms with Crippen molar-refractivity contribution in [2.24, 2.45) is 0 Å². The van der Waals surface area contributed by atoms with Crippen molar-refractivity contribution in [3.8, 4) is 0 Å². The molecule has 0 radical (unpaired) electrons. The quantitative estimate of drug-likeness (QED) is 0.902. The van der Waals surface area contributed by atoms with Crippen molar-refractivity contribution in [1.82, 2.24) is 9.88 Å². The van der Waals surface area contributed by atoms with Gasteiger partial charge in [-0.3, -0.25) is 9.78 Å². The SMILES string of the molecule is CCCN(C(=O)c1cccc(C(=O)O)c1)C1CCCc2cccnc21. The van der Waals surface area contributed by atoms with E-state index in [4.69, 9.17) is 0 Å². The Morgan fingerprint density at radius 3 is 2.80 bits per heavy atom. The van der Waals surface area contributed by atoms with Crippen molar-refractivity contribution in [2.75, 3.05) is 6.54 Å². The van der Waals surface area contributed by atoms with Crippen LogP contribution in [0.1, 0.15) is 64.2 Å². The molecule has 0 bridgehead atoms. The standard InChI is InChI=1S/C20H22N2O3/c1-2-12-22(17-10-4-6-14-9-5-11-21-18(14)17)19(23)15-7-3-8-16(13-15)20(24)25/h3,5,7-9,11,13,17H,2,4,6,10,12H2,1H3,(H,24,25). The molecule has 1 N–H and O–H groups in total. The summed E-state index contributed by atoms with van der Waals surface area (Å²) in [6, 6.07) is 10.2. The number of carboxylic acids is 1. The van der Waals surface area contributed by atoms with Crippen LogP contribution in [0.3, 0.4) is 0 Å². The van der Waals surface area contributed by atoms with Gasteiger partial charge in [0.2, 0.25) is 0 Å². The number of hydrogen-bond acceptors (Lipinski definition) is 3. The number of aryl methyl sites for hydroxylation is 1. The summed E-state index contributed by atoms with van der Waals surface area (Å²) in [7, 11) is 0. The van der Waals surface area contributed by atoms with Gasteiger partial charge in [-0.2, -0.15) is 0 Å². The van der Waals surface area contributed by atoms with Crippen LogP contribution in [-0.4, -0.2) is 33.4 Å². The van der Waals surface area contributed by atoms with Crippen LogP contribution < -0.4 is 0 Å². The Kier molecular flexibility index (Phi) is 5.12. The van der Waals surface area contributed by atoms with E-state index < -0.39 is 5.97 Å². The van der Waals surface area contributed by atoms with E-state index in [0.717, 1.165) is 31.4 Å². The number of benzene rings is 1. The van der Waals surface area contributed by atoms with Crippen LogP contribution in [0, 0.1) is 0 Å². The maximum absolute atomic E-state index is 13.1. The zero-order valence-electron chi connectivity index (χ0n) is 14.3. The number of nitrogens with zero attached hydrogens (tertiary/aromatic N) is 2. The third kappa shape index (κ3) is 3.55. The third-order valence-corrected chi connectivity index (χ3v) is 4.62. The lowest BCUT2D eigenvalue weighted by Crippen LogP contribution is -2.37. The number of fused-ring (bicyclic) bond motifs is 1. The molecule has 0 spiro atoms. The maximum atomic E-state index is 13.1. The number of hydrogen-bond donors (Lipinski definition) is 1. The average molecular weight is 338 g/mol. The molecule has 1 aliphatic rings. The summed E-state index contributed by atoms with van der Waals surface area (Å²) in [5.41, 5.74) is 2.72. The number of aromatic carboxylic acids is 1. The van der Waals surface area contributed by atoms with Crippen molar-refractivity contribution >= 4 is 11.9 Å². The molecule has 5 heteroatoms. The summed E-state index contributed by atoms with van der Waals surface area (Å²) >= 11 is 0. The first-order valence-electron chi connectivity index (χ1n) is 8.70. The van der Waals surface area contributed by atoms with Gasteiger partial charge in [0.05, 0.1) is 17.3 Å². The minimum Gasteiger partial charge on any atom is -0.478 e. The first-order valence-corrected chi connectivity index (χ1v) is 8.70. The lowest BCUT2D eigenvalue weighted by Gasteiger charge is -2.35. The molecular formula is C20H22N2O3. The monoisotopic (exact) mass is 338 g/mol. The highest BCUT2D eigenvalue weighted by molar-refractivity contribution is 5.97. The Bertz CT molecular complexity index is 788. The molecule has 2 aromatic rings. The van der Waals surface area contributed by atoms with Crippen molar-refractivity contribution in [3.05, 3.63) is 65.0 Å². The number of amides is 1. The minimum absolute atomic E-state index is 0.0501. The normalized spacial score (nSPS) is 16.1. The summed E-state index contributed by atoms with van der Waals surface area (Å²) in [5.74, 6) is -1.16. The minimum atomic E-state index is -1.03. The highest BCUT2D eigenvalue weighted by atomic mass is 16.4. The number of aromatic nitrogens is 1. The van der Waals surface area contributed by atoms with Crippen LogP contribution in [0.5, 0.6) is 0 Å². The first kappa shape index (κ1) is 17.1. The zero-order chi connectivity index (χ0) is 17.8. The summed E-state index contributed by atoms with van der Waals surface area (Å²) in [6.07, 6.45) is 5.50. The smallest absolute Gasteiger partial charge is 0.335 e. The number of carboxylic acid groups (broad SMARTS) is 1. The third-order valence-electron chi connectivity index (χ3n) is 4.62. The highest BCUT2D eigenvalue weighted by Gasteiger charge is 2.30. The van der Waals surface area contributed by atoms with Gasteiger partial charge in [-0.25, -0.2) is 4.79 Å². The summed E-state index contributed by atoms with van der Waals surface area (Å²) in [5, 5.41) is 9.18. The molecule has 3 rings (SSSR count). The number of rotatable bonds is 5. The average Bonchev–Trinajstić information content (AvgIpc) is 2.65. The van der Waals surface area contributed by atoms with E-state index in [1.807, 2.05) is 17.9 Å². The van der Waals surface area contributed by atoms with Crippen LogP contribution >= 0.6 is 0 Å². The number of carbonyl (C=O) groups excluding carboxylic acids is 1. The predicted molar refractivity (Wildman–Crippen MR) is 94.6 cm³/mol. The Balaban J connectivity index is 1.95. The lowest BCUT2D eigenvalue weighted by molar-refractivity contribution is 0.0652. The zero-order valence-corrected chi connectivity index (χ0v) is 14.3. The van der Waals surface area contributed by atoms with Gasteiger partial charge >= 0.3 is 5.97 Å². The maximum Gasteiger partial charge on any atom is 0.335 e. The van der Waals surface area contributed by atoms with Crippen LogP contribution in [0.15, 0.2) is 42.6 Å². The molecule has 0 fully saturated rings. The van der Waals surface area contributed by atoms with E-state index in [9.17, 15) is 14.7 Å². The van der Waals surface area contributed by atoms with Crippen LogP contribution in [0.25, 0.3) is 0 Å². The molecule has 1 aliphatic carbocycles. The molecule has 1 amide bonds. The van der Waals surface area contributed by atoms with Gasteiger partial charge in [0.15, 0.2) is 0 Å². The Morgan fingerprint density at radius 2 is 2.04 bits per heavy atom. The molecule has 0 aliphatic heterocycles. The first-order chi connectivity index (χ1) is 12.1. The van der Waals surface area contributed by atoms with Crippen LogP contribution in [0.2, 0.25) is 0 Å². The fraction of sp³-hybridized carbons (Fsp3) is 0.350. The van der Waals surface area contributed by atoms with Crippen molar-refractivity contribution in [3.63, 3.8) is 0 Å². The topological polar surface area (TPSA) is 70.5 Å². The van der Waals surface area contributed by atoms with Crippen molar-refractivity contribution < 1.29 is 14.7 Å². The molecular weight excluding hydrogens is 316 g/mol. The van der Waals surface area contributed by atoms with Crippen molar-refractivity contribution in [1.29, 1.82) is 0 Å². The van der Waals surface area contributed by atoms with Gasteiger partial charge in [-0.05, 0) is 55.5 Å². The second-order valence-electron chi connectivity index (χ2n) is 6.34. The lowest BCUT2D eigenvalue weighted by atomic mass is 9.90. The predicted octanol–water partition coefficient (Wildman–Crippen LogP) is 3.71. The molecule has 1 atom stereocenters. The van der Waals surface area contributed by atoms with E-state index in [1.54, 1.807) is 18.3 Å². The second kappa shape index (κ2) is 7.47. The van der Waals surface area contributed by atoms with E-state index in [-0.39, 0.29) is 17.5 Å². The van der Waals surface area contributed by atoms with E-state index in [2.05, 4.69) is 11.1 Å². The Hall–Kier alpha value is -2.69. The van der Waals surface area contributed by atoms with Crippen molar-refractivity contribution in [2.45, 2.75) is 38.6 Å². The Labute approximate surface area is 147 Å². The van der Waals surface area contributed by atoms with E-state index in [0.29, 0.717) is 12.1 Å². The molecule has 5 nitrogen and oxygen atoms in total. The molecule has 1 unspecified atom stereocenters. The highest BCUT2D eigenvalue weighted by Crippen LogP contribution is 2.33. The Morgan fingerprint density at radius 1 is 1.24 bits per heavy atom. The van der Waals surface area contributed by atoms with Gasteiger partial charge in [-0.1, -0.05) is 19.1 Å². The van der Waals surface area contributed by atoms with Crippen LogP contribution in [-0.2, 0) is 6.42 Å². The molecule has 1 aromatic heterocycles. The van der Waals surface area contributed by atoms with Gasteiger partial charge < -0.3 is 10.0 Å². The van der Waals surface area contributed by atoms with Gasteiger partial charge in [0.25, 0.3) is 5.91 Å². The molecule has 1 aromatic carbocycles. The number of carbonyl (C=O) groups is 2. The van der Waals surface area contributed by atoms with E-state index in [1.165, 1.54) is 17.7 Å². The molecule has 25 heavy (non-hydrogen) atoms. The van der Waals surface area contributed by atoms with Crippen LogP contribution in [0.4, 0.5) is 0 Å². The van der Waals surface area contributed by atoms with Gasteiger partial charge in [0.1, 0.15) is 0 Å². The molecule has 0 saturated carbocycles. The fourth-order valence-electron chi connectivity index (χ4n) is 3.48. The second-order valence-corrected chi connectivity index (χ2v) is 6.34. The summed E-state index contributed by atoms with van der Waals surface area (Å²) in [6.45, 7) is 2.66. The summed E-state index contributed by atoms with van der Waals surface area (Å²) in [4.78, 5) is 30.7. The fourth-order valence-corrected chi connectivity index (χ4v) is 3.48. The number of pyridine rings is 1. The van der Waals surface area contributed by atoms with Gasteiger partial charge in [0, 0.05) is 18.3 Å². The molecule has 1 heterocycles. The van der Waals surface area contributed by atoms with Gasteiger partial charge in [-0.15, -0.1) is 0 Å². The summed E-state index contributed by atoms with van der Waals surface area (Å²) < 4.78 is 0. The van der Waals surface area contributed by atoms with E-state index >= 15 is 0 Å². The molecule has 0 saturated heterocycles. The molecule has 130 valence electrons. The largest absolute Gasteiger partial charge is 0.478 e.